The van der Waals surface area contributed by atoms with E-state index in [1.807, 2.05) is 6.92 Å². The van der Waals surface area contributed by atoms with Crippen LogP contribution in [0.15, 0.2) is 16.9 Å². The molecule has 3 aliphatic rings. The number of hydrogen-bond donors (Lipinski definition) is 6. The molecule has 1 aliphatic carbocycles. The highest BCUT2D eigenvalue weighted by atomic mass is 19.1. The molecule has 6 rings (SSSR count). The summed E-state index contributed by atoms with van der Waals surface area (Å²) < 4.78 is 49.5. The largest absolute Gasteiger partial charge is 0.458 e. The maximum absolute atomic E-state index is 15.4. The molecule has 396 valence electrons. The first-order valence-electron chi connectivity index (χ1n) is 25.2. The number of amides is 4. The van der Waals surface area contributed by atoms with Crippen LogP contribution in [0.25, 0.3) is 22.3 Å². The lowest BCUT2D eigenvalue weighted by molar-refractivity contribution is -0.172. The zero-order chi connectivity index (χ0) is 52.0. The molecule has 2 aromatic heterocycles. The lowest BCUT2D eigenvalue weighted by Gasteiger charge is -2.31. The number of carbonyl (C=O) groups is 5. The molecule has 0 unspecified atom stereocenters. The Morgan fingerprint density at radius 1 is 0.889 bits per heavy atom. The van der Waals surface area contributed by atoms with E-state index >= 15 is 4.39 Å². The molecule has 0 fully saturated rings. The number of halogens is 1. The van der Waals surface area contributed by atoms with Gasteiger partial charge in [-0.2, -0.15) is 0 Å². The summed E-state index contributed by atoms with van der Waals surface area (Å²) in [5, 5.41) is 23.3. The summed E-state index contributed by atoms with van der Waals surface area (Å²) in [7, 11) is 0. The van der Waals surface area contributed by atoms with Crippen LogP contribution in [0.2, 0.25) is 0 Å². The highest BCUT2D eigenvalue weighted by Gasteiger charge is 2.46. The summed E-state index contributed by atoms with van der Waals surface area (Å²) in [6, 6.07) is 0.243. The van der Waals surface area contributed by atoms with Crippen LogP contribution in [-0.4, -0.2) is 135 Å². The lowest BCUT2D eigenvalue weighted by Crippen LogP contribution is -2.56. The Hall–Kier alpha value is -5.42. The van der Waals surface area contributed by atoms with Crippen LogP contribution < -0.4 is 32.6 Å². The SMILES string of the molecule is CCCOCCOCCOCCOCCOCCC(=O)N[C@H](C(=O)N[C@@H](CCCCN)C(=O)NCC(=O)N[C@H]1CCc2c(C)c(F)cc3nc4c(c1c23)Cn1c-4cc2c(c1=O)COC(=O)[C@]2(O)CC)C(C)C. The van der Waals surface area contributed by atoms with Crippen molar-refractivity contribution in [2.75, 3.05) is 79.2 Å². The van der Waals surface area contributed by atoms with Gasteiger partial charge >= 0.3 is 5.97 Å². The Kier molecular flexibility index (Phi) is 20.6. The van der Waals surface area contributed by atoms with Gasteiger partial charge in [0.1, 0.15) is 24.5 Å². The minimum absolute atomic E-state index is 0.0102. The van der Waals surface area contributed by atoms with Crippen molar-refractivity contribution in [3.63, 3.8) is 0 Å². The molecule has 3 aromatic rings. The van der Waals surface area contributed by atoms with Crippen LogP contribution in [0, 0.1) is 18.7 Å². The number of aryl methyl sites for hydroxylation is 1. The summed E-state index contributed by atoms with van der Waals surface area (Å²) >= 11 is 0. The average Bonchev–Trinajstić information content (AvgIpc) is 3.73. The number of carbonyl (C=O) groups excluding carboxylic acids is 5. The smallest absolute Gasteiger partial charge is 0.343 e. The fraction of sp³-hybridized carbons (Fsp3) is 0.627. The monoisotopic (exact) mass is 1010 g/mol. The van der Waals surface area contributed by atoms with Crippen LogP contribution in [0.1, 0.15) is 112 Å². The van der Waals surface area contributed by atoms with E-state index in [0.717, 1.165) is 18.6 Å². The molecule has 0 bridgehead atoms. The number of pyridine rings is 2. The molecule has 21 heteroatoms. The number of aliphatic hydroxyl groups is 1. The van der Waals surface area contributed by atoms with Crippen molar-refractivity contribution in [2.24, 2.45) is 11.7 Å². The summed E-state index contributed by atoms with van der Waals surface area (Å²) in [4.78, 5) is 85.9. The predicted octanol–water partition coefficient (Wildman–Crippen LogP) is 2.38. The number of cyclic esters (lactones) is 1. The topological polar surface area (TPSA) is 270 Å². The molecule has 0 saturated carbocycles. The van der Waals surface area contributed by atoms with Gasteiger partial charge in [-0.3, -0.25) is 24.0 Å². The van der Waals surface area contributed by atoms with Crippen molar-refractivity contribution < 1.29 is 61.9 Å². The summed E-state index contributed by atoms with van der Waals surface area (Å²) in [5.74, 6) is -3.78. The maximum Gasteiger partial charge on any atom is 0.343 e. The Morgan fingerprint density at radius 2 is 1.54 bits per heavy atom. The number of unbranched alkanes of at least 4 members (excludes halogenated alkanes) is 1. The van der Waals surface area contributed by atoms with Gasteiger partial charge in [0.15, 0.2) is 5.60 Å². The van der Waals surface area contributed by atoms with Crippen LogP contribution in [0.5, 0.6) is 0 Å². The molecule has 0 saturated heterocycles. The Morgan fingerprint density at radius 3 is 2.17 bits per heavy atom. The summed E-state index contributed by atoms with van der Waals surface area (Å²) in [5.41, 5.74) is 7.02. The highest BCUT2D eigenvalue weighted by molar-refractivity contribution is 5.95. The number of ether oxygens (including phenoxy) is 6. The van der Waals surface area contributed by atoms with Crippen LogP contribution in [0.3, 0.4) is 0 Å². The molecule has 0 spiro atoms. The van der Waals surface area contributed by atoms with Gasteiger partial charge in [0.05, 0.1) is 101 Å². The molecule has 0 radical (unpaired) electrons. The number of nitrogens with two attached hydrogens (primary N) is 1. The van der Waals surface area contributed by atoms with Gasteiger partial charge in [-0.1, -0.05) is 27.7 Å². The molecule has 20 nitrogen and oxygen atoms in total. The molecule has 4 atom stereocenters. The van der Waals surface area contributed by atoms with Crippen molar-refractivity contribution in [3.8, 4) is 11.4 Å². The number of nitrogens with zero attached hydrogens (tertiary/aromatic N) is 2. The van der Waals surface area contributed by atoms with E-state index in [2.05, 4.69) is 21.3 Å². The van der Waals surface area contributed by atoms with Gasteiger partial charge < -0.3 is 65.1 Å². The van der Waals surface area contributed by atoms with Crippen molar-refractivity contribution in [1.29, 1.82) is 0 Å². The van der Waals surface area contributed by atoms with Gasteiger partial charge in [0.2, 0.25) is 23.6 Å². The second-order valence-electron chi connectivity index (χ2n) is 18.6. The van der Waals surface area contributed by atoms with Gasteiger partial charge in [-0.05, 0) is 87.1 Å². The Labute approximate surface area is 418 Å². The molecule has 1 aromatic carbocycles. The number of fused-ring (bicyclic) bond motifs is 5. The van der Waals surface area contributed by atoms with Gasteiger partial charge in [0, 0.05) is 35.6 Å². The fourth-order valence-corrected chi connectivity index (χ4v) is 9.33. The number of rotatable bonds is 30. The molecule has 2 aliphatic heterocycles. The zero-order valence-electron chi connectivity index (χ0n) is 42.2. The van der Waals surface area contributed by atoms with Crippen molar-refractivity contribution in [2.45, 2.75) is 123 Å². The first-order valence-corrected chi connectivity index (χ1v) is 25.2. The van der Waals surface area contributed by atoms with Gasteiger partial charge in [0.25, 0.3) is 5.56 Å². The fourth-order valence-electron chi connectivity index (χ4n) is 9.33. The molecule has 7 N–H and O–H groups in total. The van der Waals surface area contributed by atoms with Crippen molar-refractivity contribution in [3.05, 3.63) is 61.7 Å². The van der Waals surface area contributed by atoms with E-state index in [1.165, 1.54) is 10.6 Å². The number of hydrogen-bond acceptors (Lipinski definition) is 15. The zero-order valence-corrected chi connectivity index (χ0v) is 42.2. The van der Waals surface area contributed by atoms with E-state index < -0.39 is 71.2 Å². The normalized spacial score (nSPS) is 17.5. The van der Waals surface area contributed by atoms with Crippen LogP contribution in [0.4, 0.5) is 4.39 Å². The van der Waals surface area contributed by atoms with Crippen LogP contribution in [-0.2, 0) is 77.6 Å². The summed E-state index contributed by atoms with van der Waals surface area (Å²) in [6.07, 6.45) is 2.99. The van der Waals surface area contributed by atoms with Gasteiger partial charge in [-0.25, -0.2) is 14.2 Å². The molecular weight excluding hydrogens is 938 g/mol. The highest BCUT2D eigenvalue weighted by Crippen LogP contribution is 2.46. The first kappa shape index (κ1) is 55.9. The number of nitrogens with one attached hydrogen (secondary N) is 4. The second kappa shape index (κ2) is 26.5. The maximum atomic E-state index is 15.4. The Bertz CT molecular complexity index is 2480. The van der Waals surface area contributed by atoms with E-state index in [-0.39, 0.29) is 62.7 Å². The minimum Gasteiger partial charge on any atom is -0.458 e. The third-order valence-electron chi connectivity index (χ3n) is 13.3. The van der Waals surface area contributed by atoms with E-state index in [9.17, 15) is 33.9 Å². The first-order chi connectivity index (χ1) is 34.6. The number of esters is 1. The quantitative estimate of drug-likeness (QED) is 0.0324. The third-order valence-corrected chi connectivity index (χ3v) is 13.3. The second-order valence-corrected chi connectivity index (χ2v) is 18.6. The summed E-state index contributed by atoms with van der Waals surface area (Å²) in [6.45, 7) is 12.7. The van der Waals surface area contributed by atoms with E-state index in [4.69, 9.17) is 39.1 Å². The standard InChI is InChI=1S/C51H72FN7O13/c1-6-15-67-17-19-69-21-23-71-24-22-70-20-18-68-16-13-41(60)58-45(30(3)4)48(63)57-38(10-8-9-14-53)47(62)54-27-42(61)55-37-12-11-32-31(5)36(52)26-39-43(32)44(37)33-28-59-40(46(33)56-39)25-35-34(49(59)64)29-72-50(65)51(35,66)7-2/h25-26,30,37-38,45,66H,6-24,27-29,53H2,1-5H3,(H,54,62)(H,55,61)(H,57,63)(H,58,60)/t37-,38-,45-,51-/m0/s1. The molecule has 4 amide bonds. The number of benzene rings is 1. The molecular formula is C51H72FN7O13. The molecule has 4 heterocycles. The van der Waals surface area contributed by atoms with E-state index in [1.54, 1.807) is 33.8 Å². The minimum atomic E-state index is -2.04. The van der Waals surface area contributed by atoms with Crippen LogP contribution >= 0.6 is 0 Å². The van der Waals surface area contributed by atoms with Gasteiger partial charge in [-0.15, -0.1) is 0 Å². The average molecular weight is 1010 g/mol. The molecule has 72 heavy (non-hydrogen) atoms. The van der Waals surface area contributed by atoms with Crippen molar-refractivity contribution in [1.82, 2.24) is 30.8 Å². The predicted molar refractivity (Wildman–Crippen MR) is 262 cm³/mol. The Balaban J connectivity index is 1.03. The van der Waals surface area contributed by atoms with Crippen molar-refractivity contribution >= 4 is 40.5 Å². The number of aromatic nitrogens is 2. The lowest BCUT2D eigenvalue weighted by atomic mass is 9.81. The van der Waals surface area contributed by atoms with E-state index in [0.29, 0.717) is 117 Å². The third kappa shape index (κ3) is 13.4.